The number of morpholine rings is 1. The van der Waals surface area contributed by atoms with Gasteiger partial charge in [0.1, 0.15) is 0 Å². The van der Waals surface area contributed by atoms with Crippen LogP contribution in [0.1, 0.15) is 24.5 Å². The molecule has 6 nitrogen and oxygen atoms in total. The molecule has 3 rings (SSSR count). The molecule has 2 aliphatic rings. The molecule has 1 atom stereocenters. The van der Waals surface area contributed by atoms with Crippen LogP contribution in [0.4, 0.5) is 0 Å². The van der Waals surface area contributed by atoms with Crippen LogP contribution in [-0.4, -0.2) is 86.7 Å². The van der Waals surface area contributed by atoms with Crippen LogP contribution in [0.3, 0.4) is 0 Å². The lowest BCUT2D eigenvalue weighted by molar-refractivity contribution is 0.0195. The third-order valence-corrected chi connectivity index (χ3v) is 5.29. The largest absolute Gasteiger partial charge is 0.379 e. The van der Waals surface area contributed by atoms with Gasteiger partial charge in [-0.3, -0.25) is 4.90 Å². The van der Waals surface area contributed by atoms with Crippen LogP contribution in [0.2, 0.25) is 0 Å². The van der Waals surface area contributed by atoms with E-state index >= 15 is 0 Å². The fourth-order valence-corrected chi connectivity index (χ4v) is 3.88. The van der Waals surface area contributed by atoms with E-state index < -0.39 is 0 Å². The van der Waals surface area contributed by atoms with Crippen molar-refractivity contribution >= 4 is 29.9 Å². The first-order valence-corrected chi connectivity index (χ1v) is 10.2. The van der Waals surface area contributed by atoms with Gasteiger partial charge in [0.25, 0.3) is 0 Å². The van der Waals surface area contributed by atoms with E-state index in [1.807, 2.05) is 0 Å². The predicted molar refractivity (Wildman–Crippen MR) is 126 cm³/mol. The first kappa shape index (κ1) is 23.4. The number of hydrogen-bond acceptors (Lipinski definition) is 4. The number of nitrogens with one attached hydrogen (secondary N) is 1. The Balaban J connectivity index is 0.00000280. The number of likely N-dealkylation sites (tertiary alicyclic amines) is 1. The average molecular weight is 501 g/mol. The zero-order valence-corrected chi connectivity index (χ0v) is 19.9. The van der Waals surface area contributed by atoms with E-state index in [9.17, 15) is 0 Å². The quantitative estimate of drug-likeness (QED) is 0.368. The van der Waals surface area contributed by atoms with Crippen molar-refractivity contribution in [3.8, 4) is 0 Å². The van der Waals surface area contributed by atoms with E-state index in [-0.39, 0.29) is 24.0 Å². The molecule has 0 bridgehead atoms. The van der Waals surface area contributed by atoms with E-state index in [0.29, 0.717) is 6.04 Å². The molecule has 1 unspecified atom stereocenters. The van der Waals surface area contributed by atoms with E-state index in [0.717, 1.165) is 65.0 Å². The number of nitrogens with zero attached hydrogens (tertiary/aromatic N) is 4. The molecule has 0 radical (unpaired) electrons. The summed E-state index contributed by atoms with van der Waals surface area (Å²) < 4.78 is 5.50. The third kappa shape index (κ3) is 6.86. The van der Waals surface area contributed by atoms with E-state index in [2.05, 4.69) is 65.3 Å². The maximum Gasteiger partial charge on any atom is 0.194 e. The number of aliphatic imine (C=N–C) groups is 1. The van der Waals surface area contributed by atoms with Gasteiger partial charge >= 0.3 is 0 Å². The van der Waals surface area contributed by atoms with Gasteiger partial charge in [-0.2, -0.15) is 0 Å². The Labute approximate surface area is 187 Å². The zero-order chi connectivity index (χ0) is 19.1. The lowest BCUT2D eigenvalue weighted by atomic mass is 10.1. The molecule has 0 aromatic heterocycles. The second-order valence-corrected chi connectivity index (χ2v) is 7.76. The van der Waals surface area contributed by atoms with Gasteiger partial charge in [-0.25, -0.2) is 4.99 Å². The summed E-state index contributed by atoms with van der Waals surface area (Å²) in [6.07, 6.45) is 1.21. The Morgan fingerprint density at radius 2 is 1.82 bits per heavy atom. The highest BCUT2D eigenvalue weighted by atomic mass is 127. The number of benzene rings is 1. The first-order chi connectivity index (χ1) is 13.2. The summed E-state index contributed by atoms with van der Waals surface area (Å²) in [6.45, 7) is 10.7. The van der Waals surface area contributed by atoms with Crippen LogP contribution in [-0.2, 0) is 17.8 Å². The lowest BCUT2D eigenvalue weighted by Crippen LogP contribution is -2.46. The molecule has 0 spiro atoms. The number of rotatable bonds is 6. The fourth-order valence-electron chi connectivity index (χ4n) is 3.88. The molecule has 0 amide bonds. The van der Waals surface area contributed by atoms with Gasteiger partial charge in [0.05, 0.1) is 19.8 Å². The van der Waals surface area contributed by atoms with Crippen molar-refractivity contribution in [2.24, 2.45) is 4.99 Å². The van der Waals surface area contributed by atoms with Crippen molar-refractivity contribution in [2.75, 3.05) is 60.0 Å². The van der Waals surface area contributed by atoms with E-state index in [4.69, 9.17) is 9.73 Å². The number of hydrogen-bond donors (Lipinski definition) is 1. The number of guanidine groups is 1. The minimum atomic E-state index is 0. The monoisotopic (exact) mass is 501 g/mol. The molecule has 2 fully saturated rings. The van der Waals surface area contributed by atoms with Gasteiger partial charge in [-0.1, -0.05) is 24.3 Å². The summed E-state index contributed by atoms with van der Waals surface area (Å²) in [5, 5.41) is 3.48. The van der Waals surface area contributed by atoms with Crippen molar-refractivity contribution in [1.29, 1.82) is 0 Å². The second-order valence-electron chi connectivity index (χ2n) is 7.76. The molecule has 0 aliphatic carbocycles. The molecular weight excluding hydrogens is 465 g/mol. The number of halogens is 1. The minimum absolute atomic E-state index is 0. The van der Waals surface area contributed by atoms with Gasteiger partial charge in [0.2, 0.25) is 0 Å². The highest BCUT2D eigenvalue weighted by Crippen LogP contribution is 2.17. The molecule has 2 heterocycles. The molecular formula is C21H36IN5O. The summed E-state index contributed by atoms with van der Waals surface area (Å²) in [5.41, 5.74) is 2.60. The Bertz CT molecular complexity index is 601. The van der Waals surface area contributed by atoms with Crippen molar-refractivity contribution in [1.82, 2.24) is 20.0 Å². The standard InChI is InChI=1S/C21H35N5O.HI/c1-4-22-21(23-15-18-5-7-19(8-6-18)16-24(2)3)26-10-9-20(17-26)25-11-13-27-14-12-25;/h5-8,20H,4,9-17H2,1-3H3,(H,22,23);1H. The first-order valence-electron chi connectivity index (χ1n) is 10.2. The van der Waals surface area contributed by atoms with Gasteiger partial charge in [-0.15, -0.1) is 24.0 Å². The van der Waals surface area contributed by atoms with Gasteiger partial charge in [-0.05, 0) is 38.6 Å². The highest BCUT2D eigenvalue weighted by molar-refractivity contribution is 14.0. The number of ether oxygens (including phenoxy) is 1. The molecule has 2 saturated heterocycles. The maximum atomic E-state index is 5.50. The normalized spacial score (nSPS) is 21.1. The minimum Gasteiger partial charge on any atom is -0.379 e. The topological polar surface area (TPSA) is 43.3 Å². The van der Waals surface area contributed by atoms with E-state index in [1.54, 1.807) is 0 Å². The van der Waals surface area contributed by atoms with Crippen molar-refractivity contribution < 1.29 is 4.74 Å². The maximum absolute atomic E-state index is 5.50. The Morgan fingerprint density at radius 3 is 2.46 bits per heavy atom. The highest BCUT2D eigenvalue weighted by Gasteiger charge is 2.30. The molecule has 1 aromatic rings. The van der Waals surface area contributed by atoms with Crippen LogP contribution in [0.25, 0.3) is 0 Å². The van der Waals surface area contributed by atoms with Crippen LogP contribution in [0.5, 0.6) is 0 Å². The fraction of sp³-hybridized carbons (Fsp3) is 0.667. The predicted octanol–water partition coefficient (Wildman–Crippen LogP) is 2.24. The molecule has 1 N–H and O–H groups in total. The van der Waals surface area contributed by atoms with Gasteiger partial charge < -0.3 is 19.9 Å². The zero-order valence-electron chi connectivity index (χ0n) is 17.6. The average Bonchev–Trinajstić information content (AvgIpc) is 3.17. The lowest BCUT2D eigenvalue weighted by Gasteiger charge is -2.32. The van der Waals surface area contributed by atoms with Crippen molar-refractivity contribution in [2.45, 2.75) is 32.5 Å². The van der Waals surface area contributed by atoms with Crippen molar-refractivity contribution in [3.05, 3.63) is 35.4 Å². The smallest absolute Gasteiger partial charge is 0.194 e. The summed E-state index contributed by atoms with van der Waals surface area (Å²) in [5.74, 6) is 1.05. The van der Waals surface area contributed by atoms with Crippen LogP contribution < -0.4 is 5.32 Å². The second kappa shape index (κ2) is 11.9. The van der Waals surface area contributed by atoms with Crippen LogP contribution >= 0.6 is 24.0 Å². The SMILES string of the molecule is CCNC(=NCc1ccc(CN(C)C)cc1)N1CCC(N2CCOCC2)C1.I. The Morgan fingerprint density at radius 1 is 1.14 bits per heavy atom. The Kier molecular flexibility index (Phi) is 9.98. The summed E-state index contributed by atoms with van der Waals surface area (Å²) in [7, 11) is 4.20. The molecule has 1 aromatic carbocycles. The Hall–Kier alpha value is -0.900. The molecule has 2 aliphatic heterocycles. The van der Waals surface area contributed by atoms with Gasteiger partial charge in [0, 0.05) is 45.3 Å². The molecule has 158 valence electrons. The summed E-state index contributed by atoms with van der Waals surface area (Å²) >= 11 is 0. The summed E-state index contributed by atoms with van der Waals surface area (Å²) in [4.78, 5) is 12.1. The summed E-state index contributed by atoms with van der Waals surface area (Å²) in [6, 6.07) is 9.45. The van der Waals surface area contributed by atoms with Gasteiger partial charge in [0.15, 0.2) is 5.96 Å². The molecule has 0 saturated carbocycles. The van der Waals surface area contributed by atoms with Crippen molar-refractivity contribution in [3.63, 3.8) is 0 Å². The molecule has 7 heteroatoms. The van der Waals surface area contributed by atoms with E-state index in [1.165, 1.54) is 17.5 Å². The van der Waals surface area contributed by atoms with Crippen LogP contribution in [0, 0.1) is 0 Å². The van der Waals surface area contributed by atoms with Crippen LogP contribution in [0.15, 0.2) is 29.3 Å². The molecule has 28 heavy (non-hydrogen) atoms. The third-order valence-electron chi connectivity index (χ3n) is 5.29.